The Morgan fingerprint density at radius 3 is 2.84 bits per heavy atom. The Labute approximate surface area is 195 Å². The fourth-order valence-corrected chi connectivity index (χ4v) is 4.45. The lowest BCUT2D eigenvalue weighted by atomic mass is 10.0. The molecular weight excluding hydrogens is 454 g/mol. The number of nitrogens with zero attached hydrogens (tertiary/aromatic N) is 5. The molecule has 3 heterocycles. The van der Waals surface area contributed by atoms with Crippen molar-refractivity contribution < 1.29 is 9.13 Å². The lowest BCUT2D eigenvalue weighted by molar-refractivity contribution is 0.101. The second-order valence-electron chi connectivity index (χ2n) is 7.79. The van der Waals surface area contributed by atoms with Crippen molar-refractivity contribution in [3.05, 3.63) is 58.2 Å². The number of aromatic nitrogens is 3. The number of nitriles is 1. The smallest absolute Gasteiger partial charge is 0.166 e. The summed E-state index contributed by atoms with van der Waals surface area (Å²) in [4.78, 5) is 6.33. The molecule has 1 saturated heterocycles. The van der Waals surface area contributed by atoms with E-state index in [1.165, 1.54) is 12.1 Å². The molecule has 1 atom stereocenters. The summed E-state index contributed by atoms with van der Waals surface area (Å²) in [5, 5.41) is 13.4. The van der Waals surface area contributed by atoms with Crippen LogP contribution in [0.4, 0.5) is 10.2 Å². The van der Waals surface area contributed by atoms with Gasteiger partial charge in [0, 0.05) is 59.7 Å². The van der Waals surface area contributed by atoms with Crippen LogP contribution in [0.2, 0.25) is 10.0 Å². The number of anilines is 1. The first-order valence-electron chi connectivity index (χ1n) is 10.0. The number of likely N-dealkylation sites (tertiary alicyclic amines) is 1. The normalized spacial score (nSPS) is 15.2. The van der Waals surface area contributed by atoms with Gasteiger partial charge >= 0.3 is 0 Å². The van der Waals surface area contributed by atoms with Crippen molar-refractivity contribution in [2.45, 2.75) is 19.6 Å². The Balaban J connectivity index is 1.49. The van der Waals surface area contributed by atoms with Gasteiger partial charge in [0.15, 0.2) is 11.6 Å². The van der Waals surface area contributed by atoms with Crippen LogP contribution in [0, 0.1) is 23.1 Å². The van der Waals surface area contributed by atoms with E-state index in [4.69, 9.17) is 38.9 Å². The fourth-order valence-electron chi connectivity index (χ4n) is 3.77. The van der Waals surface area contributed by atoms with Crippen LogP contribution in [-0.2, 0) is 6.54 Å². The van der Waals surface area contributed by atoms with Crippen molar-refractivity contribution in [1.29, 1.82) is 5.26 Å². The number of nitrogens with two attached hydrogens (primary N) is 1. The Morgan fingerprint density at radius 2 is 2.09 bits per heavy atom. The Morgan fingerprint density at radius 1 is 1.31 bits per heavy atom. The van der Waals surface area contributed by atoms with E-state index in [2.05, 4.69) is 21.1 Å². The van der Waals surface area contributed by atoms with Gasteiger partial charge in [-0.25, -0.2) is 9.37 Å². The second kappa shape index (κ2) is 9.33. The molecule has 7 nitrogen and oxygen atoms in total. The predicted octanol–water partition coefficient (Wildman–Crippen LogP) is 4.57. The van der Waals surface area contributed by atoms with E-state index in [-0.39, 0.29) is 10.8 Å². The zero-order valence-corrected chi connectivity index (χ0v) is 18.8. The lowest BCUT2D eigenvalue weighted by Gasteiger charge is -2.37. The van der Waals surface area contributed by atoms with Crippen LogP contribution in [0.15, 0.2) is 36.8 Å². The summed E-state index contributed by atoms with van der Waals surface area (Å²) in [7, 11) is 0. The first kappa shape index (κ1) is 22.3. The average molecular weight is 475 g/mol. The third-order valence-corrected chi connectivity index (χ3v) is 6.12. The number of ether oxygens (including phenoxy) is 1. The zero-order chi connectivity index (χ0) is 22.8. The molecular formula is C22H21Cl2FN6O. The maximum Gasteiger partial charge on any atom is 0.166 e. The van der Waals surface area contributed by atoms with Crippen molar-refractivity contribution in [3.63, 3.8) is 0 Å². The van der Waals surface area contributed by atoms with Crippen LogP contribution >= 0.6 is 23.2 Å². The second-order valence-corrected chi connectivity index (χ2v) is 8.58. The Bertz CT molecular complexity index is 1170. The van der Waals surface area contributed by atoms with Crippen LogP contribution < -0.4 is 10.5 Å². The molecule has 0 amide bonds. The minimum Gasteiger partial charge on any atom is -0.482 e. The van der Waals surface area contributed by atoms with Crippen molar-refractivity contribution in [3.8, 4) is 22.9 Å². The van der Waals surface area contributed by atoms with Crippen LogP contribution in [0.25, 0.3) is 11.1 Å². The van der Waals surface area contributed by atoms with E-state index in [1.54, 1.807) is 25.4 Å². The molecule has 32 heavy (non-hydrogen) atoms. The molecule has 1 aliphatic heterocycles. The van der Waals surface area contributed by atoms with Crippen molar-refractivity contribution in [2.75, 3.05) is 25.4 Å². The molecule has 1 aliphatic rings. The SMILES string of the molecule is CC(Oc1cc(-c2cnn(CC3CN(CC#N)C3)c2)cnc1N)c1c(Cl)ccc(F)c1Cl. The van der Waals surface area contributed by atoms with Crippen LogP contribution in [0.3, 0.4) is 0 Å². The van der Waals surface area contributed by atoms with Gasteiger partial charge in [0.05, 0.1) is 23.8 Å². The number of benzene rings is 1. The average Bonchev–Trinajstić information content (AvgIpc) is 3.20. The molecule has 10 heteroatoms. The molecule has 0 aliphatic carbocycles. The maximum absolute atomic E-state index is 13.9. The molecule has 2 aromatic heterocycles. The third-order valence-electron chi connectivity index (χ3n) is 5.41. The number of nitrogen functional groups attached to an aromatic ring is 1. The number of hydrogen-bond acceptors (Lipinski definition) is 6. The summed E-state index contributed by atoms with van der Waals surface area (Å²) in [6.45, 7) is 4.75. The first-order chi connectivity index (χ1) is 15.4. The first-order valence-corrected chi connectivity index (χ1v) is 10.8. The topological polar surface area (TPSA) is 93.0 Å². The number of pyridine rings is 1. The monoisotopic (exact) mass is 474 g/mol. The number of rotatable bonds is 7. The molecule has 0 saturated carbocycles. The van der Waals surface area contributed by atoms with Crippen molar-refractivity contribution in [2.24, 2.45) is 5.92 Å². The molecule has 1 aromatic carbocycles. The quantitative estimate of drug-likeness (QED) is 0.398. The summed E-state index contributed by atoms with van der Waals surface area (Å²) in [6, 6.07) is 6.57. The zero-order valence-electron chi connectivity index (χ0n) is 17.3. The van der Waals surface area contributed by atoms with Gasteiger partial charge in [-0.3, -0.25) is 9.58 Å². The molecule has 166 valence electrons. The largest absolute Gasteiger partial charge is 0.482 e. The van der Waals surface area contributed by atoms with Gasteiger partial charge in [-0.15, -0.1) is 0 Å². The standard InChI is InChI=1S/C22H21Cl2FN6O/c1-13(20-17(23)2-3-18(25)21(20)24)32-19-6-15(7-28-22(19)27)16-8-29-31(12-16)11-14-9-30(10-14)5-4-26/h2-3,6-8,12-14H,5,9-11H2,1H3,(H2,27,28). The van der Waals surface area contributed by atoms with E-state index in [9.17, 15) is 4.39 Å². The molecule has 0 bridgehead atoms. The van der Waals surface area contributed by atoms with Crippen LogP contribution in [0.5, 0.6) is 5.75 Å². The minimum absolute atomic E-state index is 0.0849. The molecule has 3 aromatic rings. The lowest BCUT2D eigenvalue weighted by Crippen LogP contribution is -2.48. The summed E-state index contributed by atoms with van der Waals surface area (Å²) >= 11 is 12.3. The third kappa shape index (κ3) is 4.65. The molecule has 1 fully saturated rings. The summed E-state index contributed by atoms with van der Waals surface area (Å²) in [5.74, 6) is 0.436. The van der Waals surface area contributed by atoms with Crippen LogP contribution in [0.1, 0.15) is 18.6 Å². The molecule has 1 unspecified atom stereocenters. The van der Waals surface area contributed by atoms with Gasteiger partial charge in [0.2, 0.25) is 0 Å². The maximum atomic E-state index is 13.9. The summed E-state index contributed by atoms with van der Waals surface area (Å²) in [6.07, 6.45) is 4.69. The number of hydrogen-bond donors (Lipinski definition) is 1. The van der Waals surface area contributed by atoms with E-state index >= 15 is 0 Å². The Kier molecular flexibility index (Phi) is 6.51. The molecule has 2 N–H and O–H groups in total. The van der Waals surface area contributed by atoms with Gasteiger partial charge in [0.1, 0.15) is 11.9 Å². The highest BCUT2D eigenvalue weighted by Crippen LogP contribution is 2.37. The number of halogens is 3. The highest BCUT2D eigenvalue weighted by molar-refractivity contribution is 6.36. The molecule has 0 spiro atoms. The molecule has 0 radical (unpaired) electrons. The highest BCUT2D eigenvalue weighted by atomic mass is 35.5. The van der Waals surface area contributed by atoms with E-state index < -0.39 is 11.9 Å². The predicted molar refractivity (Wildman–Crippen MR) is 121 cm³/mol. The van der Waals surface area contributed by atoms with Gasteiger partial charge < -0.3 is 10.5 Å². The Hall–Kier alpha value is -2.86. The molecule has 4 rings (SSSR count). The van der Waals surface area contributed by atoms with Gasteiger partial charge in [-0.05, 0) is 25.1 Å². The fraction of sp³-hybridized carbons (Fsp3) is 0.318. The highest BCUT2D eigenvalue weighted by Gasteiger charge is 2.26. The van der Waals surface area contributed by atoms with Gasteiger partial charge in [-0.1, -0.05) is 23.2 Å². The summed E-state index contributed by atoms with van der Waals surface area (Å²) < 4.78 is 21.7. The van der Waals surface area contributed by atoms with E-state index in [0.717, 1.165) is 30.8 Å². The van der Waals surface area contributed by atoms with Crippen LogP contribution in [-0.4, -0.2) is 39.3 Å². The van der Waals surface area contributed by atoms with Gasteiger partial charge in [0.25, 0.3) is 0 Å². The van der Waals surface area contributed by atoms with Crippen molar-refractivity contribution in [1.82, 2.24) is 19.7 Å². The van der Waals surface area contributed by atoms with Gasteiger partial charge in [-0.2, -0.15) is 10.4 Å². The minimum atomic E-state index is -0.650. The van der Waals surface area contributed by atoms with E-state index in [0.29, 0.717) is 28.8 Å². The van der Waals surface area contributed by atoms with E-state index in [1.807, 2.05) is 10.9 Å². The summed E-state index contributed by atoms with van der Waals surface area (Å²) in [5.41, 5.74) is 8.00. The van der Waals surface area contributed by atoms with Crippen molar-refractivity contribution >= 4 is 29.0 Å².